The first-order chi connectivity index (χ1) is 32.5. The maximum atomic E-state index is 13.6. The van der Waals surface area contributed by atoms with Crippen molar-refractivity contribution < 1.29 is 19.1 Å². The predicted molar refractivity (Wildman–Crippen MR) is 275 cm³/mol. The Labute approximate surface area is 400 Å². The lowest BCUT2D eigenvalue weighted by atomic mass is 9.77. The molecule has 0 heterocycles. The van der Waals surface area contributed by atoms with E-state index in [2.05, 4.69) is 62.4 Å². The molecule has 356 valence electrons. The van der Waals surface area contributed by atoms with Crippen molar-refractivity contribution in [2.75, 3.05) is 6.61 Å². The molecule has 3 saturated carbocycles. The molecule has 3 fully saturated rings. The second kappa shape index (κ2) is 27.0. The van der Waals surface area contributed by atoms with E-state index in [1.165, 1.54) is 159 Å². The molecular weight excluding hydrogens is 809 g/mol. The van der Waals surface area contributed by atoms with Crippen LogP contribution in [-0.4, -0.2) is 24.6 Å². The van der Waals surface area contributed by atoms with E-state index in [1.807, 2.05) is 48.5 Å². The third-order valence-corrected chi connectivity index (χ3v) is 16.1. The quantitative estimate of drug-likeness (QED) is 0.0519. The fraction of sp³-hybridized carbons (Fsp3) is 0.581. The molecule has 0 radical (unpaired) electrons. The van der Waals surface area contributed by atoms with Gasteiger partial charge in [-0.05, 0) is 151 Å². The molecule has 3 aliphatic carbocycles. The lowest BCUT2D eigenvalue weighted by Gasteiger charge is -2.29. The first kappa shape index (κ1) is 49.7. The average Bonchev–Trinajstić information content (AvgIpc) is 3.38. The van der Waals surface area contributed by atoms with Gasteiger partial charge in [-0.3, -0.25) is 0 Å². The van der Waals surface area contributed by atoms with Crippen LogP contribution in [0.3, 0.4) is 0 Å². The Morgan fingerprint density at radius 3 is 1.24 bits per heavy atom. The van der Waals surface area contributed by atoms with Gasteiger partial charge in [0.05, 0.1) is 11.1 Å². The van der Waals surface area contributed by atoms with Crippen LogP contribution >= 0.6 is 0 Å². The molecule has 0 N–H and O–H groups in total. The molecule has 0 amide bonds. The van der Waals surface area contributed by atoms with Crippen molar-refractivity contribution in [3.8, 4) is 22.3 Å². The van der Waals surface area contributed by atoms with Gasteiger partial charge >= 0.3 is 11.9 Å². The minimum atomic E-state index is -0.479. The van der Waals surface area contributed by atoms with Crippen LogP contribution in [0.15, 0.2) is 97.1 Å². The zero-order valence-electron chi connectivity index (χ0n) is 41.1. The van der Waals surface area contributed by atoms with E-state index in [4.69, 9.17) is 9.47 Å². The molecule has 7 rings (SSSR count). The highest BCUT2D eigenvalue weighted by atomic mass is 16.6. The molecule has 1 unspecified atom stereocenters. The third kappa shape index (κ3) is 15.2. The summed E-state index contributed by atoms with van der Waals surface area (Å²) in [7, 11) is 0. The Kier molecular flexibility index (Phi) is 20.3. The Hall–Kier alpha value is -4.18. The molecule has 0 aromatic heterocycles. The van der Waals surface area contributed by atoms with Crippen LogP contribution in [0.5, 0.6) is 0 Å². The minimum absolute atomic E-state index is 0.0601. The molecule has 1 atom stereocenters. The summed E-state index contributed by atoms with van der Waals surface area (Å²) in [5.74, 6) is 2.61. The van der Waals surface area contributed by atoms with Gasteiger partial charge in [0.2, 0.25) is 0 Å². The zero-order valence-corrected chi connectivity index (χ0v) is 41.1. The maximum absolute atomic E-state index is 13.6. The van der Waals surface area contributed by atoms with Crippen LogP contribution in [0.4, 0.5) is 0 Å². The summed E-state index contributed by atoms with van der Waals surface area (Å²) >= 11 is 0. The first-order valence-electron chi connectivity index (χ1n) is 27.3. The molecule has 4 heteroatoms. The number of hydrogen-bond donors (Lipinski definition) is 0. The fourth-order valence-electron chi connectivity index (χ4n) is 11.7. The number of ether oxygens (including phenoxy) is 2. The smallest absolute Gasteiger partial charge is 0.338 e. The van der Waals surface area contributed by atoms with Gasteiger partial charge in [-0.2, -0.15) is 0 Å². The van der Waals surface area contributed by atoms with Crippen molar-refractivity contribution in [3.05, 3.63) is 119 Å². The molecule has 4 aromatic rings. The second-order valence-electron chi connectivity index (χ2n) is 20.9. The molecule has 3 aliphatic rings. The summed E-state index contributed by atoms with van der Waals surface area (Å²) in [5.41, 5.74) is 8.46. The van der Waals surface area contributed by atoms with Crippen LogP contribution in [0.1, 0.15) is 231 Å². The second-order valence-corrected chi connectivity index (χ2v) is 20.9. The molecule has 0 saturated heterocycles. The summed E-state index contributed by atoms with van der Waals surface area (Å²) in [4.78, 5) is 27.0. The zero-order chi connectivity index (χ0) is 45.8. The highest BCUT2D eigenvalue weighted by Gasteiger charge is 2.30. The topological polar surface area (TPSA) is 52.6 Å². The average molecular weight is 893 g/mol. The van der Waals surface area contributed by atoms with Crippen molar-refractivity contribution in [1.29, 1.82) is 0 Å². The molecular formula is C62H84O4. The van der Waals surface area contributed by atoms with Crippen molar-refractivity contribution in [1.82, 2.24) is 0 Å². The molecule has 0 spiro atoms. The van der Waals surface area contributed by atoms with Crippen LogP contribution in [0.25, 0.3) is 22.3 Å². The van der Waals surface area contributed by atoms with Crippen molar-refractivity contribution in [3.63, 3.8) is 0 Å². The standard InChI is InChI=1S/C62H84O4/c1-3-5-7-9-11-14-18-47-22-26-49(27-23-47)51-30-34-53(35-31-51)55-38-42-58(43-39-55)61(63)65-46-60(57-20-16-13-17-21-57)66-62(64)59-44-40-56(41-45-59)54-36-32-52(33-37-54)50-28-24-48(25-29-50)19-15-12-10-8-6-4-2/h30-45,47-50,57,60H,3-29,46H2,1-2H3. The maximum Gasteiger partial charge on any atom is 0.338 e. The third-order valence-electron chi connectivity index (χ3n) is 16.1. The summed E-state index contributed by atoms with van der Waals surface area (Å²) in [6.07, 6.45) is 35.1. The van der Waals surface area contributed by atoms with E-state index in [0.29, 0.717) is 23.0 Å². The van der Waals surface area contributed by atoms with E-state index in [0.717, 1.165) is 59.8 Å². The number of benzene rings is 4. The molecule has 0 aliphatic heterocycles. The van der Waals surface area contributed by atoms with Gasteiger partial charge in [0.15, 0.2) is 0 Å². The van der Waals surface area contributed by atoms with Crippen LogP contribution in [0, 0.1) is 17.8 Å². The number of carbonyl (C=O) groups is 2. The Bertz CT molecular complexity index is 1970. The van der Waals surface area contributed by atoms with Gasteiger partial charge in [-0.15, -0.1) is 0 Å². The molecule has 4 nitrogen and oxygen atoms in total. The van der Waals surface area contributed by atoms with Gasteiger partial charge in [0.1, 0.15) is 12.7 Å². The summed E-state index contributed by atoms with van der Waals surface area (Å²) in [6, 6.07) is 33.8. The Balaban J connectivity index is 0.856. The van der Waals surface area contributed by atoms with Crippen LogP contribution in [0.2, 0.25) is 0 Å². The Morgan fingerprint density at radius 2 is 0.818 bits per heavy atom. The van der Waals surface area contributed by atoms with Gasteiger partial charge in [0, 0.05) is 0 Å². The van der Waals surface area contributed by atoms with Gasteiger partial charge in [0.25, 0.3) is 0 Å². The minimum Gasteiger partial charge on any atom is -0.458 e. The largest absolute Gasteiger partial charge is 0.458 e. The number of hydrogen-bond acceptors (Lipinski definition) is 4. The summed E-state index contributed by atoms with van der Waals surface area (Å²) in [5, 5.41) is 0. The summed E-state index contributed by atoms with van der Waals surface area (Å²) < 4.78 is 12.1. The first-order valence-corrected chi connectivity index (χ1v) is 27.3. The molecule has 4 aromatic carbocycles. The van der Waals surface area contributed by atoms with Gasteiger partial charge in [-0.1, -0.05) is 196 Å². The van der Waals surface area contributed by atoms with E-state index >= 15 is 0 Å². The lowest BCUT2D eigenvalue weighted by molar-refractivity contribution is -0.0247. The molecule has 66 heavy (non-hydrogen) atoms. The number of carbonyl (C=O) groups excluding carboxylic acids is 2. The SMILES string of the molecule is CCCCCCCCC1CCC(c2ccc(-c3ccc(C(=O)OCC(OC(=O)c4ccc(-c5ccc(C6CCC(CCCCCCCC)CC6)cc5)cc4)C4CCCCC4)cc3)cc2)CC1. The number of esters is 2. The van der Waals surface area contributed by atoms with Crippen LogP contribution < -0.4 is 0 Å². The van der Waals surface area contributed by atoms with E-state index < -0.39 is 6.10 Å². The number of unbranched alkanes of at least 4 members (excludes halogenated alkanes) is 10. The van der Waals surface area contributed by atoms with Crippen molar-refractivity contribution >= 4 is 11.9 Å². The van der Waals surface area contributed by atoms with Gasteiger partial charge in [-0.25, -0.2) is 9.59 Å². The lowest BCUT2D eigenvalue weighted by Crippen LogP contribution is -2.33. The highest BCUT2D eigenvalue weighted by Crippen LogP contribution is 2.40. The van der Waals surface area contributed by atoms with E-state index in [1.54, 1.807) is 0 Å². The van der Waals surface area contributed by atoms with Crippen molar-refractivity contribution in [2.45, 2.75) is 205 Å². The fourth-order valence-corrected chi connectivity index (χ4v) is 11.7. The van der Waals surface area contributed by atoms with Gasteiger partial charge < -0.3 is 9.47 Å². The normalized spacial score (nSPS) is 20.7. The van der Waals surface area contributed by atoms with Crippen molar-refractivity contribution in [2.24, 2.45) is 17.8 Å². The Morgan fingerprint density at radius 1 is 0.439 bits per heavy atom. The van der Waals surface area contributed by atoms with E-state index in [-0.39, 0.29) is 24.5 Å². The predicted octanol–water partition coefficient (Wildman–Crippen LogP) is 18.0. The monoisotopic (exact) mass is 893 g/mol. The number of rotatable bonds is 24. The van der Waals surface area contributed by atoms with E-state index in [9.17, 15) is 9.59 Å². The molecule has 0 bridgehead atoms. The highest BCUT2D eigenvalue weighted by molar-refractivity contribution is 5.91. The van der Waals surface area contributed by atoms with Crippen LogP contribution in [-0.2, 0) is 9.47 Å². The summed E-state index contributed by atoms with van der Waals surface area (Å²) in [6.45, 7) is 4.64.